The fourth-order valence-corrected chi connectivity index (χ4v) is 5.06. The van der Waals surface area contributed by atoms with Crippen LogP contribution in [-0.2, 0) is 6.42 Å². The lowest BCUT2D eigenvalue weighted by Crippen LogP contribution is -2.41. The van der Waals surface area contributed by atoms with Gasteiger partial charge in [-0.15, -0.1) is 0 Å². The van der Waals surface area contributed by atoms with Gasteiger partial charge in [-0.3, -0.25) is 0 Å². The highest BCUT2D eigenvalue weighted by Gasteiger charge is 2.33. The molecule has 4 rings (SSSR count). The molecule has 31 heavy (non-hydrogen) atoms. The minimum Gasteiger partial charge on any atom is -0.497 e. The summed E-state index contributed by atoms with van der Waals surface area (Å²) in [5, 5.41) is 2.13. The third kappa shape index (κ3) is 3.42. The molecule has 0 saturated heterocycles. The highest BCUT2D eigenvalue weighted by molar-refractivity contribution is 6.03. The summed E-state index contributed by atoms with van der Waals surface area (Å²) >= 11 is 0. The predicted molar refractivity (Wildman–Crippen MR) is 125 cm³/mol. The standard InChI is InChI=1S/C26H31NO4/c1-15-10-20-21(8-9-22(29-5)26(20)23(11-15)30-6)27-16(2)12-18-13-19(28-4)14-24(31-7)25(18)17(27)3/h8-11,13-14,16-17H,12H2,1-7H3/t16-,17-/m0/s1. The number of methoxy groups -OCH3 is 4. The predicted octanol–water partition coefficient (Wildman–Crippen LogP) is 5.69. The quantitative estimate of drug-likeness (QED) is 0.529. The van der Waals surface area contributed by atoms with Crippen LogP contribution in [0.25, 0.3) is 10.8 Å². The fourth-order valence-electron chi connectivity index (χ4n) is 5.06. The van der Waals surface area contributed by atoms with E-state index in [4.69, 9.17) is 18.9 Å². The summed E-state index contributed by atoms with van der Waals surface area (Å²) in [4.78, 5) is 2.48. The Balaban J connectivity index is 1.94. The lowest BCUT2D eigenvalue weighted by Gasteiger charge is -2.43. The van der Waals surface area contributed by atoms with E-state index in [2.05, 4.69) is 49.9 Å². The summed E-state index contributed by atoms with van der Waals surface area (Å²) in [5.74, 6) is 3.34. The van der Waals surface area contributed by atoms with Crippen LogP contribution in [0.2, 0.25) is 0 Å². The summed E-state index contributed by atoms with van der Waals surface area (Å²) in [6.07, 6.45) is 0.906. The van der Waals surface area contributed by atoms with Gasteiger partial charge in [-0.2, -0.15) is 0 Å². The number of hydrogen-bond donors (Lipinski definition) is 0. The molecule has 0 aliphatic carbocycles. The lowest BCUT2D eigenvalue weighted by molar-refractivity contribution is 0.381. The van der Waals surface area contributed by atoms with Crippen molar-refractivity contribution >= 4 is 16.5 Å². The van der Waals surface area contributed by atoms with Gasteiger partial charge in [0, 0.05) is 28.7 Å². The van der Waals surface area contributed by atoms with Gasteiger partial charge in [0.1, 0.15) is 23.0 Å². The zero-order valence-corrected chi connectivity index (χ0v) is 19.4. The molecular weight excluding hydrogens is 390 g/mol. The van der Waals surface area contributed by atoms with E-state index >= 15 is 0 Å². The van der Waals surface area contributed by atoms with E-state index in [1.54, 1.807) is 28.4 Å². The molecule has 0 fully saturated rings. The van der Waals surface area contributed by atoms with E-state index in [9.17, 15) is 0 Å². The molecule has 1 aliphatic rings. The third-order valence-electron chi connectivity index (χ3n) is 6.36. The van der Waals surface area contributed by atoms with Crippen LogP contribution < -0.4 is 23.8 Å². The van der Waals surface area contributed by atoms with Gasteiger partial charge in [0.25, 0.3) is 0 Å². The average Bonchev–Trinajstić information content (AvgIpc) is 2.77. The Hall–Kier alpha value is -3.08. The first kappa shape index (κ1) is 21.2. The second-order valence-corrected chi connectivity index (χ2v) is 8.22. The van der Waals surface area contributed by atoms with E-state index in [0.717, 1.165) is 45.8 Å². The Labute approximate surface area is 184 Å². The van der Waals surface area contributed by atoms with Crippen molar-refractivity contribution in [3.05, 3.63) is 53.1 Å². The zero-order valence-electron chi connectivity index (χ0n) is 19.4. The molecule has 1 aliphatic heterocycles. The first-order valence-corrected chi connectivity index (χ1v) is 10.6. The van der Waals surface area contributed by atoms with Crippen LogP contribution in [0.3, 0.4) is 0 Å². The van der Waals surface area contributed by atoms with Gasteiger partial charge in [-0.25, -0.2) is 0 Å². The fraction of sp³-hybridized carbons (Fsp3) is 0.385. The molecule has 0 amide bonds. The molecule has 5 nitrogen and oxygen atoms in total. The van der Waals surface area contributed by atoms with Gasteiger partial charge in [-0.05, 0) is 68.7 Å². The number of aryl methyl sites for hydroxylation is 1. The second-order valence-electron chi connectivity index (χ2n) is 8.22. The minimum absolute atomic E-state index is 0.128. The van der Waals surface area contributed by atoms with Gasteiger partial charge in [0.2, 0.25) is 0 Å². The minimum atomic E-state index is 0.128. The zero-order chi connectivity index (χ0) is 22.3. The number of rotatable bonds is 5. The monoisotopic (exact) mass is 421 g/mol. The van der Waals surface area contributed by atoms with Gasteiger partial charge in [0.05, 0.1) is 39.9 Å². The van der Waals surface area contributed by atoms with Crippen molar-refractivity contribution in [3.63, 3.8) is 0 Å². The van der Waals surface area contributed by atoms with Crippen LogP contribution in [0.15, 0.2) is 36.4 Å². The van der Waals surface area contributed by atoms with Gasteiger partial charge in [0.15, 0.2) is 0 Å². The van der Waals surface area contributed by atoms with Crippen LogP contribution in [0.1, 0.15) is 36.6 Å². The Kier molecular flexibility index (Phi) is 5.61. The number of benzene rings is 3. The summed E-state index contributed by atoms with van der Waals surface area (Å²) in [7, 11) is 6.83. The largest absolute Gasteiger partial charge is 0.497 e. The Morgan fingerprint density at radius 3 is 2.16 bits per heavy atom. The number of ether oxygens (including phenoxy) is 4. The Morgan fingerprint density at radius 2 is 1.52 bits per heavy atom. The highest BCUT2D eigenvalue weighted by Crippen LogP contribution is 2.47. The number of anilines is 1. The van der Waals surface area contributed by atoms with Crippen LogP contribution in [0, 0.1) is 6.92 Å². The average molecular weight is 422 g/mol. The van der Waals surface area contributed by atoms with Crippen molar-refractivity contribution in [2.75, 3.05) is 33.3 Å². The van der Waals surface area contributed by atoms with Crippen molar-refractivity contribution in [1.29, 1.82) is 0 Å². The maximum Gasteiger partial charge on any atom is 0.130 e. The van der Waals surface area contributed by atoms with E-state index in [-0.39, 0.29) is 6.04 Å². The molecule has 0 unspecified atom stereocenters. The number of nitrogens with zero attached hydrogens (tertiary/aromatic N) is 1. The van der Waals surface area contributed by atoms with Crippen molar-refractivity contribution in [1.82, 2.24) is 0 Å². The van der Waals surface area contributed by atoms with Crippen molar-refractivity contribution in [3.8, 4) is 23.0 Å². The van der Waals surface area contributed by atoms with Gasteiger partial charge >= 0.3 is 0 Å². The van der Waals surface area contributed by atoms with Crippen molar-refractivity contribution in [2.24, 2.45) is 0 Å². The molecule has 0 aromatic heterocycles. The Morgan fingerprint density at radius 1 is 0.806 bits per heavy atom. The molecule has 0 bridgehead atoms. The molecule has 3 aromatic rings. The maximum atomic E-state index is 5.78. The smallest absolute Gasteiger partial charge is 0.130 e. The highest BCUT2D eigenvalue weighted by atomic mass is 16.5. The molecule has 3 aromatic carbocycles. The molecule has 0 saturated carbocycles. The van der Waals surface area contributed by atoms with Crippen LogP contribution >= 0.6 is 0 Å². The van der Waals surface area contributed by atoms with Crippen molar-refractivity contribution < 1.29 is 18.9 Å². The molecule has 0 N–H and O–H groups in total. The van der Waals surface area contributed by atoms with E-state index in [1.807, 2.05) is 12.1 Å². The van der Waals surface area contributed by atoms with E-state index in [0.29, 0.717) is 6.04 Å². The first-order valence-electron chi connectivity index (χ1n) is 10.6. The van der Waals surface area contributed by atoms with Crippen LogP contribution in [0.4, 0.5) is 5.69 Å². The molecule has 1 heterocycles. The number of fused-ring (bicyclic) bond motifs is 2. The van der Waals surface area contributed by atoms with E-state index in [1.165, 1.54) is 16.8 Å². The summed E-state index contributed by atoms with van der Waals surface area (Å²) in [6.45, 7) is 6.61. The van der Waals surface area contributed by atoms with Crippen LogP contribution in [0.5, 0.6) is 23.0 Å². The maximum absolute atomic E-state index is 5.78. The molecule has 0 spiro atoms. The number of hydrogen-bond acceptors (Lipinski definition) is 5. The molecular formula is C26H31NO4. The van der Waals surface area contributed by atoms with Crippen LogP contribution in [-0.4, -0.2) is 34.5 Å². The molecule has 0 radical (unpaired) electrons. The summed E-state index contributed by atoms with van der Waals surface area (Å²) in [5.41, 5.74) is 4.81. The first-order chi connectivity index (χ1) is 14.9. The third-order valence-corrected chi connectivity index (χ3v) is 6.36. The molecule has 164 valence electrons. The topological polar surface area (TPSA) is 40.2 Å². The summed E-state index contributed by atoms with van der Waals surface area (Å²) in [6, 6.07) is 13.0. The SMILES string of the molecule is COc1cc2c(c(OC)c1)[C@H](C)N(c1ccc(OC)c3c(OC)cc(C)cc13)[C@@H](C)C2. The van der Waals surface area contributed by atoms with Crippen molar-refractivity contribution in [2.45, 2.75) is 39.3 Å². The van der Waals surface area contributed by atoms with Gasteiger partial charge < -0.3 is 23.8 Å². The summed E-state index contributed by atoms with van der Waals surface area (Å²) < 4.78 is 22.7. The van der Waals surface area contributed by atoms with Gasteiger partial charge in [-0.1, -0.05) is 0 Å². The Bertz CT molecular complexity index is 1120. The normalized spacial score (nSPS) is 18.0. The molecule has 2 atom stereocenters. The molecule has 5 heteroatoms. The lowest BCUT2D eigenvalue weighted by atomic mass is 9.87. The second kappa shape index (κ2) is 8.22. The van der Waals surface area contributed by atoms with E-state index < -0.39 is 0 Å².